The van der Waals surface area contributed by atoms with Crippen LogP contribution in [-0.2, 0) is 16.0 Å². The molecular weight excluding hydrogens is 374 g/mol. The van der Waals surface area contributed by atoms with E-state index in [2.05, 4.69) is 5.32 Å². The SMILES string of the molecule is CCc1ccc(F)c(/C=C/C(=O)NC(C)c2ccc(F)c(N3CCOCC3)c2)c1. The van der Waals surface area contributed by atoms with E-state index in [-0.39, 0.29) is 23.6 Å². The maximum atomic E-state index is 14.3. The summed E-state index contributed by atoms with van der Waals surface area (Å²) in [6.07, 6.45) is 3.58. The zero-order chi connectivity index (χ0) is 20.8. The molecule has 1 atom stereocenters. The summed E-state index contributed by atoms with van der Waals surface area (Å²) in [7, 11) is 0. The molecule has 29 heavy (non-hydrogen) atoms. The Morgan fingerprint density at radius 2 is 1.90 bits per heavy atom. The van der Waals surface area contributed by atoms with Gasteiger partial charge in [0.05, 0.1) is 24.9 Å². The van der Waals surface area contributed by atoms with Crippen molar-refractivity contribution in [2.45, 2.75) is 26.3 Å². The highest BCUT2D eigenvalue weighted by Gasteiger charge is 2.17. The molecule has 0 aliphatic carbocycles. The summed E-state index contributed by atoms with van der Waals surface area (Å²) < 4.78 is 33.5. The molecule has 0 bridgehead atoms. The van der Waals surface area contributed by atoms with Crippen molar-refractivity contribution in [3.8, 4) is 0 Å². The van der Waals surface area contributed by atoms with Gasteiger partial charge in [0.2, 0.25) is 5.91 Å². The minimum atomic E-state index is -0.368. The molecular formula is C23H26F2N2O2. The lowest BCUT2D eigenvalue weighted by molar-refractivity contribution is -0.117. The molecule has 154 valence electrons. The number of hydrogen-bond donors (Lipinski definition) is 1. The summed E-state index contributed by atoms with van der Waals surface area (Å²) in [4.78, 5) is 14.2. The number of carbonyl (C=O) groups excluding carboxylic acids is 1. The van der Waals surface area contributed by atoms with Crippen molar-refractivity contribution in [2.75, 3.05) is 31.2 Å². The molecule has 1 aliphatic heterocycles. The van der Waals surface area contributed by atoms with Crippen LogP contribution in [0.4, 0.5) is 14.5 Å². The topological polar surface area (TPSA) is 41.6 Å². The number of hydrogen-bond acceptors (Lipinski definition) is 3. The van der Waals surface area contributed by atoms with E-state index in [1.807, 2.05) is 18.7 Å². The van der Waals surface area contributed by atoms with Crippen LogP contribution in [-0.4, -0.2) is 32.2 Å². The first-order chi connectivity index (χ1) is 14.0. The van der Waals surface area contributed by atoms with Gasteiger partial charge in [0.25, 0.3) is 0 Å². The molecule has 2 aromatic carbocycles. The molecule has 3 rings (SSSR count). The first-order valence-corrected chi connectivity index (χ1v) is 9.87. The van der Waals surface area contributed by atoms with Crippen molar-refractivity contribution in [2.24, 2.45) is 0 Å². The van der Waals surface area contributed by atoms with Crippen LogP contribution >= 0.6 is 0 Å². The van der Waals surface area contributed by atoms with Crippen molar-refractivity contribution in [1.82, 2.24) is 5.32 Å². The van der Waals surface area contributed by atoms with E-state index in [0.29, 0.717) is 37.6 Å². The number of nitrogens with one attached hydrogen (secondary N) is 1. The van der Waals surface area contributed by atoms with E-state index < -0.39 is 0 Å². The molecule has 2 aromatic rings. The van der Waals surface area contributed by atoms with Gasteiger partial charge in [-0.3, -0.25) is 4.79 Å². The fraction of sp³-hybridized carbons (Fsp3) is 0.348. The molecule has 4 nitrogen and oxygen atoms in total. The Labute approximate surface area is 170 Å². The number of anilines is 1. The monoisotopic (exact) mass is 400 g/mol. The Bertz CT molecular complexity index is 892. The van der Waals surface area contributed by atoms with E-state index in [9.17, 15) is 13.6 Å². The predicted molar refractivity (Wildman–Crippen MR) is 111 cm³/mol. The largest absolute Gasteiger partial charge is 0.378 e. The highest BCUT2D eigenvalue weighted by Crippen LogP contribution is 2.25. The molecule has 1 heterocycles. The van der Waals surface area contributed by atoms with Gasteiger partial charge in [0.1, 0.15) is 11.6 Å². The minimum Gasteiger partial charge on any atom is -0.378 e. The standard InChI is InChI=1S/C23H26F2N2O2/c1-3-17-4-7-20(24)19(14-17)6-9-23(28)26-16(2)18-5-8-21(25)22(15-18)27-10-12-29-13-11-27/h4-9,14-16H,3,10-13H2,1-2H3,(H,26,28)/b9-6+. The Hall–Kier alpha value is -2.73. The number of benzene rings is 2. The third kappa shape index (κ3) is 5.41. The average molecular weight is 400 g/mol. The van der Waals surface area contributed by atoms with Crippen LogP contribution in [0.25, 0.3) is 6.08 Å². The minimum absolute atomic E-state index is 0.291. The molecule has 1 unspecified atom stereocenters. The number of carbonyl (C=O) groups is 1. The lowest BCUT2D eigenvalue weighted by atomic mass is 10.1. The number of aryl methyl sites for hydroxylation is 1. The number of halogens is 2. The van der Waals surface area contributed by atoms with Crippen LogP contribution in [0.15, 0.2) is 42.5 Å². The van der Waals surface area contributed by atoms with Crippen LogP contribution in [0.3, 0.4) is 0 Å². The van der Waals surface area contributed by atoms with Gasteiger partial charge in [0, 0.05) is 24.7 Å². The molecule has 1 N–H and O–H groups in total. The number of ether oxygens (including phenoxy) is 1. The van der Waals surface area contributed by atoms with Gasteiger partial charge < -0.3 is 15.0 Å². The average Bonchev–Trinajstić information content (AvgIpc) is 2.74. The number of amides is 1. The molecule has 1 saturated heterocycles. The maximum Gasteiger partial charge on any atom is 0.244 e. The molecule has 0 saturated carbocycles. The van der Waals surface area contributed by atoms with Gasteiger partial charge in [-0.05, 0) is 54.8 Å². The van der Waals surface area contributed by atoms with Gasteiger partial charge in [-0.25, -0.2) is 8.78 Å². The molecule has 6 heteroatoms. The Morgan fingerprint density at radius 1 is 1.17 bits per heavy atom. The van der Waals surface area contributed by atoms with Gasteiger partial charge in [-0.1, -0.05) is 19.1 Å². The second-order valence-electron chi connectivity index (χ2n) is 7.08. The summed E-state index contributed by atoms with van der Waals surface area (Å²) in [6.45, 7) is 6.22. The van der Waals surface area contributed by atoms with Crippen LogP contribution in [0.1, 0.15) is 36.6 Å². The predicted octanol–water partition coefficient (Wildman–Crippen LogP) is 4.25. The van der Waals surface area contributed by atoms with Crippen LogP contribution in [0.5, 0.6) is 0 Å². The third-order valence-corrected chi connectivity index (χ3v) is 5.06. The maximum absolute atomic E-state index is 14.3. The first-order valence-electron chi connectivity index (χ1n) is 9.87. The fourth-order valence-electron chi connectivity index (χ4n) is 3.30. The summed E-state index contributed by atoms with van der Waals surface area (Å²) in [6, 6.07) is 9.40. The zero-order valence-corrected chi connectivity index (χ0v) is 16.8. The van der Waals surface area contributed by atoms with Gasteiger partial charge in [0.15, 0.2) is 0 Å². The molecule has 0 radical (unpaired) electrons. The van der Waals surface area contributed by atoms with Crippen molar-refractivity contribution in [3.63, 3.8) is 0 Å². The van der Waals surface area contributed by atoms with E-state index in [0.717, 1.165) is 17.5 Å². The summed E-state index contributed by atoms with van der Waals surface area (Å²) in [5.74, 6) is -0.996. The van der Waals surface area contributed by atoms with Crippen molar-refractivity contribution in [1.29, 1.82) is 0 Å². The van der Waals surface area contributed by atoms with Gasteiger partial charge >= 0.3 is 0 Å². The summed E-state index contributed by atoms with van der Waals surface area (Å²) >= 11 is 0. The highest BCUT2D eigenvalue weighted by atomic mass is 19.1. The van der Waals surface area contributed by atoms with Gasteiger partial charge in [-0.2, -0.15) is 0 Å². The Kier molecular flexibility index (Phi) is 6.99. The number of morpholine rings is 1. The molecule has 1 fully saturated rings. The highest BCUT2D eigenvalue weighted by molar-refractivity contribution is 5.92. The number of rotatable bonds is 6. The van der Waals surface area contributed by atoms with E-state index in [4.69, 9.17) is 4.74 Å². The summed E-state index contributed by atoms with van der Waals surface area (Å²) in [5.41, 5.74) is 2.69. The summed E-state index contributed by atoms with van der Waals surface area (Å²) in [5, 5.41) is 2.85. The smallest absolute Gasteiger partial charge is 0.244 e. The quantitative estimate of drug-likeness (QED) is 0.737. The zero-order valence-electron chi connectivity index (χ0n) is 16.8. The Balaban J connectivity index is 1.68. The third-order valence-electron chi connectivity index (χ3n) is 5.06. The second kappa shape index (κ2) is 9.65. The molecule has 0 aromatic heterocycles. The van der Waals surface area contributed by atoms with E-state index >= 15 is 0 Å². The van der Waals surface area contributed by atoms with E-state index in [1.165, 1.54) is 24.3 Å². The Morgan fingerprint density at radius 3 is 2.62 bits per heavy atom. The van der Waals surface area contributed by atoms with E-state index in [1.54, 1.807) is 24.3 Å². The van der Waals surface area contributed by atoms with Crippen LogP contribution in [0, 0.1) is 11.6 Å². The lowest BCUT2D eigenvalue weighted by Gasteiger charge is -2.29. The second-order valence-corrected chi connectivity index (χ2v) is 7.08. The van der Waals surface area contributed by atoms with Crippen LogP contribution in [0.2, 0.25) is 0 Å². The van der Waals surface area contributed by atoms with Crippen molar-refractivity contribution >= 4 is 17.7 Å². The molecule has 1 amide bonds. The number of nitrogens with zero attached hydrogens (tertiary/aromatic N) is 1. The first kappa shape index (κ1) is 21.0. The molecule has 0 spiro atoms. The van der Waals surface area contributed by atoms with Gasteiger partial charge in [-0.15, -0.1) is 0 Å². The van der Waals surface area contributed by atoms with Crippen LogP contribution < -0.4 is 10.2 Å². The van der Waals surface area contributed by atoms with Crippen molar-refractivity contribution in [3.05, 3.63) is 70.8 Å². The fourth-order valence-corrected chi connectivity index (χ4v) is 3.30. The van der Waals surface area contributed by atoms with Crippen molar-refractivity contribution < 1.29 is 18.3 Å². The normalized spacial score (nSPS) is 15.5. The molecule has 1 aliphatic rings. The lowest BCUT2D eigenvalue weighted by Crippen LogP contribution is -2.37.